The van der Waals surface area contributed by atoms with Gasteiger partial charge in [0.15, 0.2) is 5.96 Å². The first-order valence-electron chi connectivity index (χ1n) is 8.26. The average molecular weight is 451 g/mol. The van der Waals surface area contributed by atoms with Crippen molar-refractivity contribution >= 4 is 29.9 Å². The number of guanidine groups is 1. The molecule has 1 saturated carbocycles. The molecule has 3 rings (SSSR count). The number of alkyl halides is 2. The Bertz CT molecular complexity index is 545. The van der Waals surface area contributed by atoms with Gasteiger partial charge >= 0.3 is 6.61 Å². The summed E-state index contributed by atoms with van der Waals surface area (Å²) in [6, 6.07) is 7.04. The molecule has 2 N–H and O–H groups in total. The maximum Gasteiger partial charge on any atom is 0.387 e. The summed E-state index contributed by atoms with van der Waals surface area (Å²) in [6.07, 6.45) is 5.85. The van der Waals surface area contributed by atoms with Crippen LogP contribution in [0.4, 0.5) is 8.78 Å². The number of nitrogens with two attached hydrogens (primary N) is 1. The van der Waals surface area contributed by atoms with E-state index in [0.717, 1.165) is 25.1 Å². The Morgan fingerprint density at radius 2 is 1.75 bits per heavy atom. The second-order valence-corrected chi connectivity index (χ2v) is 6.25. The molecule has 0 amide bonds. The molecule has 1 aromatic rings. The Balaban J connectivity index is 0.00000208. The van der Waals surface area contributed by atoms with E-state index in [1.165, 1.54) is 25.7 Å². The quantitative estimate of drug-likeness (QED) is 0.429. The van der Waals surface area contributed by atoms with Crippen molar-refractivity contribution in [3.8, 4) is 5.75 Å². The summed E-state index contributed by atoms with van der Waals surface area (Å²) in [4.78, 5) is 6.83. The van der Waals surface area contributed by atoms with Crippen molar-refractivity contribution in [2.24, 2.45) is 10.7 Å². The molecule has 2 fully saturated rings. The van der Waals surface area contributed by atoms with Crippen molar-refractivity contribution in [1.29, 1.82) is 0 Å². The van der Waals surface area contributed by atoms with Crippen LogP contribution in [-0.4, -0.2) is 36.6 Å². The lowest BCUT2D eigenvalue weighted by atomic mass is 10.1. The molecule has 0 aromatic heterocycles. The maximum atomic E-state index is 12.1. The van der Waals surface area contributed by atoms with Crippen molar-refractivity contribution < 1.29 is 13.5 Å². The minimum absolute atomic E-state index is 0. The number of halogens is 3. The van der Waals surface area contributed by atoms with Gasteiger partial charge in [0.2, 0.25) is 0 Å². The van der Waals surface area contributed by atoms with E-state index in [2.05, 4.69) is 14.6 Å². The van der Waals surface area contributed by atoms with Crippen LogP contribution in [0.5, 0.6) is 5.75 Å². The van der Waals surface area contributed by atoms with Crippen LogP contribution in [0.25, 0.3) is 0 Å². The van der Waals surface area contributed by atoms with Crippen LogP contribution in [0.3, 0.4) is 0 Å². The van der Waals surface area contributed by atoms with E-state index in [9.17, 15) is 8.78 Å². The SMILES string of the molecule is I.NC(=N[C@@H]1C[C@H]1c1ccc(OC(F)F)cc1)N1CCCCCC1. The minimum Gasteiger partial charge on any atom is -0.435 e. The molecule has 7 heteroatoms. The molecule has 0 unspecified atom stereocenters. The topological polar surface area (TPSA) is 50.9 Å². The number of likely N-dealkylation sites (tertiary alicyclic amines) is 1. The minimum atomic E-state index is -2.78. The zero-order chi connectivity index (χ0) is 16.2. The molecule has 1 aromatic carbocycles. The van der Waals surface area contributed by atoms with Gasteiger partial charge < -0.3 is 15.4 Å². The Morgan fingerprint density at radius 1 is 1.12 bits per heavy atom. The summed E-state index contributed by atoms with van der Waals surface area (Å²) in [6.45, 7) is -0.800. The van der Waals surface area contributed by atoms with Gasteiger partial charge in [-0.2, -0.15) is 8.78 Å². The van der Waals surface area contributed by atoms with E-state index in [1.807, 2.05) is 12.1 Å². The second kappa shape index (κ2) is 8.82. The number of rotatable bonds is 4. The lowest BCUT2D eigenvalue weighted by Crippen LogP contribution is -2.38. The summed E-state index contributed by atoms with van der Waals surface area (Å²) in [5.74, 6) is 1.17. The molecule has 0 bridgehead atoms. The fourth-order valence-corrected chi connectivity index (χ4v) is 3.13. The van der Waals surface area contributed by atoms with Crippen molar-refractivity contribution in [3.63, 3.8) is 0 Å². The first-order valence-corrected chi connectivity index (χ1v) is 8.26. The molecule has 4 nitrogen and oxygen atoms in total. The number of aliphatic imine (C=N–C) groups is 1. The van der Waals surface area contributed by atoms with E-state index in [-0.39, 0.29) is 35.8 Å². The summed E-state index contributed by atoms with van der Waals surface area (Å²) in [5.41, 5.74) is 7.25. The van der Waals surface area contributed by atoms with Gasteiger partial charge in [0.25, 0.3) is 0 Å². The summed E-state index contributed by atoms with van der Waals surface area (Å²) >= 11 is 0. The molecular formula is C17H24F2IN3O. The molecule has 24 heavy (non-hydrogen) atoms. The molecule has 0 radical (unpaired) electrons. The summed E-state index contributed by atoms with van der Waals surface area (Å²) in [5, 5.41) is 0. The van der Waals surface area contributed by atoms with Crippen LogP contribution in [0.2, 0.25) is 0 Å². The van der Waals surface area contributed by atoms with E-state index >= 15 is 0 Å². The van der Waals surface area contributed by atoms with E-state index in [4.69, 9.17) is 5.73 Å². The standard InChI is InChI=1S/C17H23F2N3O.HI/c18-16(19)23-13-7-5-12(6-8-13)14-11-15(14)21-17(20)22-9-3-1-2-4-10-22;/h5-8,14-16H,1-4,9-11H2,(H2,20,21);1H/t14-,15+;/m0./s1. The molecule has 2 atom stereocenters. The van der Waals surface area contributed by atoms with Gasteiger partial charge in [-0.05, 0) is 37.0 Å². The molecular weight excluding hydrogens is 427 g/mol. The molecule has 1 saturated heterocycles. The maximum absolute atomic E-state index is 12.1. The van der Waals surface area contributed by atoms with E-state index in [0.29, 0.717) is 11.9 Å². The third-order valence-corrected chi connectivity index (χ3v) is 4.52. The molecule has 1 heterocycles. The Kier molecular flexibility index (Phi) is 7.06. The smallest absolute Gasteiger partial charge is 0.387 e. The zero-order valence-electron chi connectivity index (χ0n) is 13.5. The Labute approximate surface area is 158 Å². The number of nitrogens with zero attached hydrogens (tertiary/aromatic N) is 2. The van der Waals surface area contributed by atoms with Gasteiger partial charge in [-0.3, -0.25) is 0 Å². The number of benzene rings is 1. The Morgan fingerprint density at radius 3 is 2.33 bits per heavy atom. The van der Waals surface area contributed by atoms with Crippen LogP contribution in [0.1, 0.15) is 43.6 Å². The first-order chi connectivity index (χ1) is 11.1. The van der Waals surface area contributed by atoms with Crippen LogP contribution in [0.15, 0.2) is 29.3 Å². The monoisotopic (exact) mass is 451 g/mol. The predicted octanol–water partition coefficient (Wildman–Crippen LogP) is 3.95. The highest BCUT2D eigenvalue weighted by molar-refractivity contribution is 14.0. The number of hydrogen-bond donors (Lipinski definition) is 1. The third-order valence-electron chi connectivity index (χ3n) is 4.52. The second-order valence-electron chi connectivity index (χ2n) is 6.25. The van der Waals surface area contributed by atoms with Crippen LogP contribution >= 0.6 is 24.0 Å². The molecule has 2 aliphatic rings. The van der Waals surface area contributed by atoms with Gasteiger partial charge in [-0.1, -0.05) is 25.0 Å². The van der Waals surface area contributed by atoms with Crippen molar-refractivity contribution in [2.75, 3.05) is 13.1 Å². The molecule has 1 aliphatic heterocycles. The number of hydrogen-bond acceptors (Lipinski definition) is 2. The molecule has 134 valence electrons. The lowest BCUT2D eigenvalue weighted by Gasteiger charge is -2.21. The fourth-order valence-electron chi connectivity index (χ4n) is 3.13. The highest BCUT2D eigenvalue weighted by Gasteiger charge is 2.38. The highest BCUT2D eigenvalue weighted by atomic mass is 127. The predicted molar refractivity (Wildman–Crippen MR) is 101 cm³/mol. The average Bonchev–Trinajstić information content (AvgIpc) is 3.30. The highest BCUT2D eigenvalue weighted by Crippen LogP contribution is 2.44. The van der Waals surface area contributed by atoms with Gasteiger partial charge in [0.1, 0.15) is 5.75 Å². The van der Waals surface area contributed by atoms with E-state index < -0.39 is 6.61 Å². The number of ether oxygens (including phenoxy) is 1. The van der Waals surface area contributed by atoms with Crippen LogP contribution in [0, 0.1) is 0 Å². The zero-order valence-corrected chi connectivity index (χ0v) is 15.9. The molecule has 0 spiro atoms. The van der Waals surface area contributed by atoms with Gasteiger partial charge in [0, 0.05) is 19.0 Å². The fraction of sp³-hybridized carbons (Fsp3) is 0.588. The van der Waals surface area contributed by atoms with Gasteiger partial charge in [0.05, 0.1) is 6.04 Å². The third kappa shape index (κ3) is 5.19. The Hall–Kier alpha value is -1.12. The lowest BCUT2D eigenvalue weighted by molar-refractivity contribution is -0.0498. The van der Waals surface area contributed by atoms with Crippen molar-refractivity contribution in [1.82, 2.24) is 4.90 Å². The van der Waals surface area contributed by atoms with Gasteiger partial charge in [-0.15, -0.1) is 24.0 Å². The summed E-state index contributed by atoms with van der Waals surface area (Å²) < 4.78 is 28.7. The largest absolute Gasteiger partial charge is 0.435 e. The van der Waals surface area contributed by atoms with Crippen LogP contribution in [-0.2, 0) is 0 Å². The van der Waals surface area contributed by atoms with Crippen LogP contribution < -0.4 is 10.5 Å². The van der Waals surface area contributed by atoms with Crippen molar-refractivity contribution in [2.45, 2.75) is 50.7 Å². The summed E-state index contributed by atoms with van der Waals surface area (Å²) in [7, 11) is 0. The van der Waals surface area contributed by atoms with Gasteiger partial charge in [-0.25, -0.2) is 4.99 Å². The first kappa shape index (κ1) is 19.2. The van der Waals surface area contributed by atoms with Crippen molar-refractivity contribution in [3.05, 3.63) is 29.8 Å². The molecule has 1 aliphatic carbocycles. The normalized spacial score (nSPS) is 24.3. The van der Waals surface area contributed by atoms with E-state index in [1.54, 1.807) is 12.1 Å².